The highest BCUT2D eigenvalue weighted by atomic mass is 32.1. The van der Waals surface area contributed by atoms with Gasteiger partial charge in [0.1, 0.15) is 0 Å². The highest BCUT2D eigenvalue weighted by Crippen LogP contribution is 2.29. The van der Waals surface area contributed by atoms with Gasteiger partial charge in [-0.2, -0.15) is 5.10 Å². The molecule has 1 amide bonds. The molecule has 0 radical (unpaired) electrons. The van der Waals surface area contributed by atoms with Gasteiger partial charge in [0, 0.05) is 9.75 Å². The number of thiophene rings is 2. The Balaban J connectivity index is 1.70. The van der Waals surface area contributed by atoms with E-state index in [-0.39, 0.29) is 5.91 Å². The highest BCUT2D eigenvalue weighted by molar-refractivity contribution is 7.14. The number of hydrogen-bond acceptors (Lipinski definition) is 4. The van der Waals surface area contributed by atoms with Gasteiger partial charge in [-0.25, -0.2) is 5.43 Å². The van der Waals surface area contributed by atoms with Crippen LogP contribution in [0.15, 0.2) is 28.7 Å². The van der Waals surface area contributed by atoms with Gasteiger partial charge in [0.2, 0.25) is 0 Å². The Morgan fingerprint density at radius 3 is 2.90 bits per heavy atom. The lowest BCUT2D eigenvalue weighted by Crippen LogP contribution is -2.17. The molecule has 3 nitrogen and oxygen atoms in total. The van der Waals surface area contributed by atoms with Crippen molar-refractivity contribution >= 4 is 34.3 Å². The minimum Gasteiger partial charge on any atom is -0.266 e. The second-order valence-corrected chi connectivity index (χ2v) is 6.97. The van der Waals surface area contributed by atoms with E-state index in [4.69, 9.17) is 0 Å². The minimum atomic E-state index is -0.0969. The van der Waals surface area contributed by atoms with E-state index < -0.39 is 0 Å². The molecule has 0 saturated heterocycles. The van der Waals surface area contributed by atoms with Crippen molar-refractivity contribution in [1.29, 1.82) is 0 Å². The van der Waals surface area contributed by atoms with Gasteiger partial charge in [0.25, 0.3) is 5.91 Å². The Labute approximate surface area is 126 Å². The zero-order valence-corrected chi connectivity index (χ0v) is 12.9. The van der Waals surface area contributed by atoms with E-state index in [1.54, 1.807) is 22.7 Å². The van der Waals surface area contributed by atoms with Crippen molar-refractivity contribution in [3.63, 3.8) is 0 Å². The first-order chi connectivity index (χ1) is 9.74. The summed E-state index contributed by atoms with van der Waals surface area (Å²) in [7, 11) is 0. The Morgan fingerprint density at radius 2 is 2.15 bits per heavy atom. The molecule has 0 spiro atoms. The van der Waals surface area contributed by atoms with Crippen LogP contribution in [0.2, 0.25) is 0 Å². The lowest BCUT2D eigenvalue weighted by Gasteiger charge is -2.08. The van der Waals surface area contributed by atoms with Crippen molar-refractivity contribution in [1.82, 2.24) is 5.43 Å². The molecule has 2 aromatic heterocycles. The van der Waals surface area contributed by atoms with E-state index in [1.165, 1.54) is 23.3 Å². The summed E-state index contributed by atoms with van der Waals surface area (Å²) in [6.45, 7) is 1.91. The summed E-state index contributed by atoms with van der Waals surface area (Å²) in [5, 5.41) is 6.19. The van der Waals surface area contributed by atoms with Crippen LogP contribution in [0, 0.1) is 0 Å². The Bertz CT molecular complexity index is 617. The molecule has 0 aliphatic heterocycles. The lowest BCUT2D eigenvalue weighted by molar-refractivity contribution is 0.0959. The number of aryl methyl sites for hydroxylation is 2. The van der Waals surface area contributed by atoms with E-state index in [0.29, 0.717) is 0 Å². The molecular weight excluding hydrogens is 288 g/mol. The molecule has 0 bridgehead atoms. The maximum absolute atomic E-state index is 12.1. The van der Waals surface area contributed by atoms with Gasteiger partial charge in [0.15, 0.2) is 0 Å². The summed E-state index contributed by atoms with van der Waals surface area (Å²) in [6, 6.07) is 6.01. The molecule has 2 heterocycles. The summed E-state index contributed by atoms with van der Waals surface area (Å²) < 4.78 is 0. The van der Waals surface area contributed by atoms with Crippen molar-refractivity contribution in [3.8, 4) is 0 Å². The third kappa shape index (κ3) is 2.83. The van der Waals surface area contributed by atoms with Gasteiger partial charge in [-0.1, -0.05) is 6.07 Å². The monoisotopic (exact) mass is 304 g/mol. The number of nitrogens with zero attached hydrogens (tertiary/aromatic N) is 1. The molecule has 0 saturated carbocycles. The number of carbonyl (C=O) groups excluding carboxylic acids is 1. The number of fused-ring (bicyclic) bond motifs is 1. The van der Waals surface area contributed by atoms with Crippen molar-refractivity contribution in [2.45, 2.75) is 32.6 Å². The van der Waals surface area contributed by atoms with Crippen LogP contribution >= 0.6 is 22.7 Å². The fourth-order valence-corrected chi connectivity index (χ4v) is 4.15. The van der Waals surface area contributed by atoms with E-state index in [2.05, 4.69) is 10.5 Å². The fraction of sp³-hybridized carbons (Fsp3) is 0.333. The van der Waals surface area contributed by atoms with Gasteiger partial charge >= 0.3 is 0 Å². The van der Waals surface area contributed by atoms with Crippen LogP contribution in [0.4, 0.5) is 0 Å². The van der Waals surface area contributed by atoms with Gasteiger partial charge in [-0.3, -0.25) is 4.79 Å². The van der Waals surface area contributed by atoms with Crippen molar-refractivity contribution in [2.75, 3.05) is 0 Å². The van der Waals surface area contributed by atoms with Crippen LogP contribution < -0.4 is 5.43 Å². The number of hydrogen-bond donors (Lipinski definition) is 1. The maximum Gasteiger partial charge on any atom is 0.281 e. The summed E-state index contributed by atoms with van der Waals surface area (Å²) >= 11 is 3.23. The molecule has 5 heteroatoms. The molecule has 104 valence electrons. The number of amides is 1. The van der Waals surface area contributed by atoms with Crippen LogP contribution in [0.3, 0.4) is 0 Å². The Morgan fingerprint density at radius 1 is 1.30 bits per heavy atom. The molecule has 1 N–H and O–H groups in total. The normalized spacial score (nSPS) is 14.9. The summed E-state index contributed by atoms with van der Waals surface area (Å²) in [6.07, 6.45) is 4.70. The van der Waals surface area contributed by atoms with Gasteiger partial charge in [0.05, 0.1) is 10.6 Å². The molecule has 0 fully saturated rings. The first-order valence-electron chi connectivity index (χ1n) is 6.74. The second kappa shape index (κ2) is 5.89. The van der Waals surface area contributed by atoms with Crippen LogP contribution in [-0.4, -0.2) is 11.6 Å². The molecule has 1 aliphatic carbocycles. The predicted octanol–water partition coefficient (Wildman–Crippen LogP) is 3.84. The maximum atomic E-state index is 12.1. The molecule has 1 aliphatic rings. The van der Waals surface area contributed by atoms with Gasteiger partial charge in [-0.05, 0) is 55.7 Å². The van der Waals surface area contributed by atoms with Crippen LogP contribution in [0.25, 0.3) is 0 Å². The van der Waals surface area contributed by atoms with Crippen LogP contribution in [0.1, 0.15) is 44.8 Å². The quantitative estimate of drug-likeness (QED) is 0.679. The smallest absolute Gasteiger partial charge is 0.266 e. The van der Waals surface area contributed by atoms with E-state index in [0.717, 1.165) is 28.3 Å². The molecule has 0 atom stereocenters. The molecule has 3 rings (SSSR count). The van der Waals surface area contributed by atoms with Crippen LogP contribution in [0.5, 0.6) is 0 Å². The Kier molecular flexibility index (Phi) is 3.98. The number of hydrazone groups is 1. The molecule has 2 aromatic rings. The minimum absolute atomic E-state index is 0.0969. The topological polar surface area (TPSA) is 41.5 Å². The zero-order chi connectivity index (χ0) is 13.9. The average molecular weight is 304 g/mol. The largest absolute Gasteiger partial charge is 0.281 e. The summed E-state index contributed by atoms with van der Waals surface area (Å²) in [5.74, 6) is -0.0969. The summed E-state index contributed by atoms with van der Waals surface area (Å²) in [5.41, 5.74) is 4.86. The standard InChI is InChI=1S/C15H16N2OS2/c1-10(12-7-4-8-19-12)16-17-15(18)14-9-11-5-2-3-6-13(11)20-14/h4,7-9H,2-3,5-6H2,1H3,(H,17,18). The summed E-state index contributed by atoms with van der Waals surface area (Å²) in [4.78, 5) is 15.4. The SMILES string of the molecule is CC(=NNC(=O)c1cc2c(s1)CCCC2)c1cccs1. The molecule has 0 aromatic carbocycles. The molecular formula is C15H16N2OS2. The number of nitrogens with one attached hydrogen (secondary N) is 1. The zero-order valence-electron chi connectivity index (χ0n) is 11.3. The second-order valence-electron chi connectivity index (χ2n) is 4.88. The first-order valence-corrected chi connectivity index (χ1v) is 8.44. The van der Waals surface area contributed by atoms with E-state index in [9.17, 15) is 4.79 Å². The van der Waals surface area contributed by atoms with Crippen molar-refractivity contribution in [2.24, 2.45) is 5.10 Å². The lowest BCUT2D eigenvalue weighted by atomic mass is 9.99. The highest BCUT2D eigenvalue weighted by Gasteiger charge is 2.17. The van der Waals surface area contributed by atoms with Crippen molar-refractivity contribution < 1.29 is 4.79 Å². The van der Waals surface area contributed by atoms with Gasteiger partial charge in [-0.15, -0.1) is 22.7 Å². The number of rotatable bonds is 3. The number of carbonyl (C=O) groups is 1. The van der Waals surface area contributed by atoms with E-state index >= 15 is 0 Å². The van der Waals surface area contributed by atoms with Gasteiger partial charge < -0.3 is 0 Å². The third-order valence-corrected chi connectivity index (χ3v) is 5.64. The Hall–Kier alpha value is -1.46. The molecule has 20 heavy (non-hydrogen) atoms. The van der Waals surface area contributed by atoms with Crippen LogP contribution in [-0.2, 0) is 12.8 Å². The molecule has 0 unspecified atom stereocenters. The average Bonchev–Trinajstić information content (AvgIpc) is 3.12. The fourth-order valence-electron chi connectivity index (χ4n) is 2.33. The third-order valence-electron chi connectivity index (χ3n) is 3.42. The first kappa shape index (κ1) is 13.5. The predicted molar refractivity (Wildman–Crippen MR) is 85.0 cm³/mol. The van der Waals surface area contributed by atoms with E-state index in [1.807, 2.05) is 30.5 Å². The van der Waals surface area contributed by atoms with Crippen molar-refractivity contribution in [3.05, 3.63) is 43.8 Å².